The largest absolute Gasteiger partial charge is 0.370 e. The Morgan fingerprint density at radius 2 is 1.95 bits per heavy atom. The first-order valence-corrected chi connectivity index (χ1v) is 7.31. The fraction of sp³-hybridized carbons (Fsp3) is 0.769. The molecule has 0 aromatic heterocycles. The quantitative estimate of drug-likeness (QED) is 0.210. The van der Waals surface area contributed by atoms with E-state index in [2.05, 4.69) is 15.6 Å². The van der Waals surface area contributed by atoms with Gasteiger partial charge >= 0.3 is 6.03 Å². The van der Waals surface area contributed by atoms with Gasteiger partial charge in [0.15, 0.2) is 5.96 Å². The van der Waals surface area contributed by atoms with Crippen LogP contribution in [0.15, 0.2) is 4.99 Å². The SMILES string of the molecule is I.NC(=NCCN1C(=O)CNC1=O)NC1CCCCCC1. The monoisotopic (exact) mass is 409 g/mol. The van der Waals surface area contributed by atoms with Gasteiger partial charge in [0.2, 0.25) is 5.91 Å². The number of urea groups is 1. The highest BCUT2D eigenvalue weighted by Crippen LogP contribution is 2.16. The molecular formula is C13H24IN5O2. The van der Waals surface area contributed by atoms with Crippen molar-refractivity contribution in [2.45, 2.75) is 44.6 Å². The second-order valence-corrected chi connectivity index (χ2v) is 5.30. The van der Waals surface area contributed by atoms with Crippen molar-refractivity contribution in [3.63, 3.8) is 0 Å². The maximum Gasteiger partial charge on any atom is 0.324 e. The van der Waals surface area contributed by atoms with Gasteiger partial charge in [-0.05, 0) is 12.8 Å². The van der Waals surface area contributed by atoms with Gasteiger partial charge in [-0.2, -0.15) is 0 Å². The molecule has 0 bridgehead atoms. The predicted molar refractivity (Wildman–Crippen MR) is 91.6 cm³/mol. The summed E-state index contributed by atoms with van der Waals surface area (Å²) in [4.78, 5) is 28.0. The molecule has 2 fully saturated rings. The molecule has 1 aliphatic heterocycles. The molecule has 120 valence electrons. The molecule has 2 rings (SSSR count). The van der Waals surface area contributed by atoms with Crippen molar-refractivity contribution in [3.05, 3.63) is 0 Å². The molecular weight excluding hydrogens is 385 g/mol. The number of nitrogens with zero attached hydrogens (tertiary/aromatic N) is 2. The van der Waals surface area contributed by atoms with E-state index in [-0.39, 0.29) is 49.0 Å². The molecule has 4 N–H and O–H groups in total. The maximum atomic E-state index is 11.4. The average Bonchev–Trinajstić information content (AvgIpc) is 2.64. The molecule has 3 amide bonds. The number of carbonyl (C=O) groups is 2. The highest BCUT2D eigenvalue weighted by atomic mass is 127. The zero-order valence-corrected chi connectivity index (χ0v) is 14.5. The summed E-state index contributed by atoms with van der Waals surface area (Å²) in [5, 5.41) is 5.70. The molecule has 7 nitrogen and oxygen atoms in total. The molecule has 0 aromatic carbocycles. The number of guanidine groups is 1. The molecule has 0 atom stereocenters. The van der Waals surface area contributed by atoms with Crippen LogP contribution in [0.3, 0.4) is 0 Å². The van der Waals surface area contributed by atoms with E-state index in [4.69, 9.17) is 5.73 Å². The normalized spacial score (nSPS) is 20.8. The number of imide groups is 1. The average molecular weight is 409 g/mol. The zero-order valence-electron chi connectivity index (χ0n) is 12.1. The molecule has 1 saturated carbocycles. The van der Waals surface area contributed by atoms with Crippen molar-refractivity contribution in [2.75, 3.05) is 19.6 Å². The van der Waals surface area contributed by atoms with Crippen molar-refractivity contribution in [1.29, 1.82) is 0 Å². The molecule has 1 saturated heterocycles. The van der Waals surface area contributed by atoms with Crippen LogP contribution in [0.4, 0.5) is 4.79 Å². The van der Waals surface area contributed by atoms with E-state index < -0.39 is 0 Å². The van der Waals surface area contributed by atoms with Crippen molar-refractivity contribution < 1.29 is 9.59 Å². The standard InChI is InChI=1S/C13H23N5O2.HI/c14-12(17-10-5-3-1-2-4-6-10)15-7-8-18-11(19)9-16-13(18)20;/h10H,1-9H2,(H,16,20)(H3,14,15,17);1H. The second kappa shape index (κ2) is 9.06. The first-order valence-electron chi connectivity index (χ1n) is 7.31. The van der Waals surface area contributed by atoms with Crippen molar-refractivity contribution in [3.8, 4) is 0 Å². The van der Waals surface area contributed by atoms with Crippen LogP contribution in [-0.4, -0.2) is 48.5 Å². The van der Waals surface area contributed by atoms with Gasteiger partial charge in [-0.3, -0.25) is 14.7 Å². The molecule has 8 heteroatoms. The maximum absolute atomic E-state index is 11.4. The highest BCUT2D eigenvalue weighted by molar-refractivity contribution is 14.0. The third-order valence-electron chi connectivity index (χ3n) is 3.75. The molecule has 0 spiro atoms. The molecule has 2 aliphatic rings. The van der Waals surface area contributed by atoms with Crippen LogP contribution < -0.4 is 16.4 Å². The van der Waals surface area contributed by atoms with Gasteiger partial charge < -0.3 is 16.4 Å². The third kappa shape index (κ3) is 5.68. The number of aliphatic imine (C=N–C) groups is 1. The van der Waals surface area contributed by atoms with Crippen molar-refractivity contribution in [2.24, 2.45) is 10.7 Å². The Labute approximate surface area is 142 Å². The lowest BCUT2D eigenvalue weighted by molar-refractivity contribution is -0.124. The van der Waals surface area contributed by atoms with Crippen LogP contribution in [0.1, 0.15) is 38.5 Å². The van der Waals surface area contributed by atoms with Crippen LogP contribution in [0, 0.1) is 0 Å². The summed E-state index contributed by atoms with van der Waals surface area (Å²) in [6.45, 7) is 0.695. The highest BCUT2D eigenvalue weighted by Gasteiger charge is 2.27. The zero-order chi connectivity index (χ0) is 14.4. The number of nitrogens with one attached hydrogen (secondary N) is 2. The van der Waals surface area contributed by atoms with E-state index in [9.17, 15) is 9.59 Å². The van der Waals surface area contributed by atoms with Crippen LogP contribution in [0.25, 0.3) is 0 Å². The van der Waals surface area contributed by atoms with E-state index in [1.54, 1.807) is 0 Å². The first-order chi connectivity index (χ1) is 9.66. The van der Waals surface area contributed by atoms with E-state index in [1.165, 1.54) is 30.6 Å². The Bertz CT molecular complexity index is 378. The lowest BCUT2D eigenvalue weighted by Gasteiger charge is -2.17. The minimum Gasteiger partial charge on any atom is -0.370 e. The lowest BCUT2D eigenvalue weighted by atomic mass is 10.1. The molecule has 1 heterocycles. The Morgan fingerprint density at radius 3 is 2.52 bits per heavy atom. The minimum absolute atomic E-state index is 0. The number of nitrogens with two attached hydrogens (primary N) is 1. The summed E-state index contributed by atoms with van der Waals surface area (Å²) in [5.41, 5.74) is 5.84. The fourth-order valence-corrected chi connectivity index (χ4v) is 2.63. The third-order valence-corrected chi connectivity index (χ3v) is 3.75. The molecule has 0 aromatic rings. The molecule has 0 unspecified atom stereocenters. The van der Waals surface area contributed by atoms with Gasteiger partial charge in [0, 0.05) is 6.04 Å². The number of hydrogen-bond acceptors (Lipinski definition) is 3. The van der Waals surface area contributed by atoms with Crippen molar-refractivity contribution in [1.82, 2.24) is 15.5 Å². The Morgan fingerprint density at radius 1 is 1.29 bits per heavy atom. The minimum atomic E-state index is -0.347. The number of rotatable bonds is 4. The van der Waals surface area contributed by atoms with E-state index in [0.29, 0.717) is 18.5 Å². The summed E-state index contributed by atoms with van der Waals surface area (Å²) < 4.78 is 0. The smallest absolute Gasteiger partial charge is 0.324 e. The number of hydrogen-bond donors (Lipinski definition) is 3. The summed E-state index contributed by atoms with van der Waals surface area (Å²) >= 11 is 0. The first kappa shape index (κ1) is 18.0. The van der Waals surface area contributed by atoms with Crippen LogP contribution in [0.2, 0.25) is 0 Å². The molecule has 1 aliphatic carbocycles. The van der Waals surface area contributed by atoms with E-state index in [1.807, 2.05) is 0 Å². The summed E-state index contributed by atoms with van der Waals surface area (Å²) in [6, 6.07) is 0.0541. The van der Waals surface area contributed by atoms with Gasteiger partial charge in [0.05, 0.1) is 19.6 Å². The van der Waals surface area contributed by atoms with E-state index in [0.717, 1.165) is 12.8 Å². The van der Waals surface area contributed by atoms with Crippen LogP contribution >= 0.6 is 24.0 Å². The van der Waals surface area contributed by atoms with Gasteiger partial charge in [-0.25, -0.2) is 4.79 Å². The predicted octanol–water partition coefficient (Wildman–Crippen LogP) is 0.783. The fourth-order valence-electron chi connectivity index (χ4n) is 2.63. The summed E-state index contributed by atoms with van der Waals surface area (Å²) in [7, 11) is 0. The van der Waals surface area contributed by atoms with Crippen LogP contribution in [-0.2, 0) is 4.79 Å². The van der Waals surface area contributed by atoms with Gasteiger partial charge in [-0.1, -0.05) is 25.7 Å². The number of halogens is 1. The summed E-state index contributed by atoms with van der Waals surface area (Å²) in [5.74, 6) is 0.199. The van der Waals surface area contributed by atoms with Gasteiger partial charge in [-0.15, -0.1) is 24.0 Å². The number of amides is 3. The van der Waals surface area contributed by atoms with E-state index >= 15 is 0 Å². The molecule has 21 heavy (non-hydrogen) atoms. The van der Waals surface area contributed by atoms with Crippen LogP contribution in [0.5, 0.6) is 0 Å². The Balaban J connectivity index is 0.00000220. The molecule has 0 radical (unpaired) electrons. The van der Waals surface area contributed by atoms with Crippen molar-refractivity contribution >= 4 is 41.9 Å². The van der Waals surface area contributed by atoms with Gasteiger partial charge in [0.25, 0.3) is 0 Å². The second-order valence-electron chi connectivity index (χ2n) is 5.30. The van der Waals surface area contributed by atoms with Gasteiger partial charge in [0.1, 0.15) is 0 Å². The lowest BCUT2D eigenvalue weighted by Crippen LogP contribution is -2.40. The summed E-state index contributed by atoms with van der Waals surface area (Å²) in [6.07, 6.45) is 7.30. The topological polar surface area (TPSA) is 99.8 Å². The number of carbonyl (C=O) groups excluding carboxylic acids is 2. The Hall–Kier alpha value is -1.06. The Kier molecular flexibility index (Phi) is 7.76.